The summed E-state index contributed by atoms with van der Waals surface area (Å²) < 4.78 is 0. The number of hydrogen-bond acceptors (Lipinski definition) is 3. The Morgan fingerprint density at radius 1 is 1.18 bits per heavy atom. The molecule has 6 heteroatoms. The van der Waals surface area contributed by atoms with Gasteiger partial charge in [-0.15, -0.1) is 0 Å². The van der Waals surface area contributed by atoms with Gasteiger partial charge >= 0.3 is 5.97 Å². The minimum absolute atomic E-state index is 0.0607. The Labute approximate surface area is 131 Å². The van der Waals surface area contributed by atoms with E-state index in [1.54, 1.807) is 13.8 Å². The molecule has 6 nitrogen and oxygen atoms in total. The number of piperidine rings is 1. The molecule has 2 amide bonds. The number of aliphatic carboxylic acids is 1. The highest BCUT2D eigenvalue weighted by molar-refractivity contribution is 5.83. The third kappa shape index (κ3) is 4.21. The zero-order valence-corrected chi connectivity index (χ0v) is 13.4. The number of nitrogens with zero attached hydrogens (tertiary/aromatic N) is 1. The second kappa shape index (κ2) is 6.67. The Morgan fingerprint density at radius 2 is 1.86 bits per heavy atom. The predicted octanol–water partition coefficient (Wildman–Crippen LogP) is 1.25. The molecule has 0 aromatic heterocycles. The first-order chi connectivity index (χ1) is 10.3. The first-order valence-corrected chi connectivity index (χ1v) is 8.11. The lowest BCUT2D eigenvalue weighted by molar-refractivity contribution is -0.147. The number of likely N-dealkylation sites (tertiary alicyclic amines) is 1. The van der Waals surface area contributed by atoms with Crippen molar-refractivity contribution < 1.29 is 19.5 Å². The number of hydrogen-bond donors (Lipinski definition) is 2. The smallest absolute Gasteiger partial charge is 0.309 e. The molecule has 124 valence electrons. The van der Waals surface area contributed by atoms with Gasteiger partial charge in [-0.25, -0.2) is 0 Å². The number of carboxylic acids is 1. The molecule has 0 aromatic carbocycles. The molecule has 0 radical (unpaired) electrons. The van der Waals surface area contributed by atoms with Crippen molar-refractivity contribution in [1.29, 1.82) is 0 Å². The van der Waals surface area contributed by atoms with Crippen LogP contribution in [0.15, 0.2) is 0 Å². The highest BCUT2D eigenvalue weighted by Gasteiger charge is 2.36. The molecule has 1 heterocycles. The molecule has 2 fully saturated rings. The molecule has 1 saturated carbocycles. The largest absolute Gasteiger partial charge is 0.481 e. The summed E-state index contributed by atoms with van der Waals surface area (Å²) in [5.41, 5.74) is -0.839. The van der Waals surface area contributed by atoms with Crippen LogP contribution in [0.25, 0.3) is 0 Å². The molecule has 22 heavy (non-hydrogen) atoms. The summed E-state index contributed by atoms with van der Waals surface area (Å²) in [6, 6.07) is 0. The van der Waals surface area contributed by atoms with E-state index in [-0.39, 0.29) is 23.7 Å². The molecule has 1 atom stereocenters. The molecular weight excluding hydrogens is 284 g/mol. The van der Waals surface area contributed by atoms with Gasteiger partial charge in [-0.2, -0.15) is 0 Å². The zero-order chi connectivity index (χ0) is 16.3. The summed E-state index contributed by atoms with van der Waals surface area (Å²) in [6.45, 7) is 4.91. The third-order valence-electron chi connectivity index (χ3n) is 4.66. The SMILES string of the molecule is CC(C)(CCNC(=O)C1CCCN(C(=O)C2CC2)C1)C(=O)O. The van der Waals surface area contributed by atoms with Crippen LogP contribution in [0.2, 0.25) is 0 Å². The van der Waals surface area contributed by atoms with Gasteiger partial charge in [0.25, 0.3) is 0 Å². The fourth-order valence-corrected chi connectivity index (χ4v) is 2.73. The Kier molecular flexibility index (Phi) is 5.08. The van der Waals surface area contributed by atoms with E-state index in [1.165, 1.54) is 0 Å². The second-order valence-electron chi connectivity index (χ2n) is 7.13. The Balaban J connectivity index is 1.77. The van der Waals surface area contributed by atoms with Gasteiger partial charge in [-0.1, -0.05) is 0 Å². The van der Waals surface area contributed by atoms with Crippen molar-refractivity contribution in [2.24, 2.45) is 17.3 Å². The minimum Gasteiger partial charge on any atom is -0.481 e. The fourth-order valence-electron chi connectivity index (χ4n) is 2.73. The number of carboxylic acid groups (broad SMARTS) is 1. The minimum atomic E-state index is -0.861. The first-order valence-electron chi connectivity index (χ1n) is 8.11. The maximum Gasteiger partial charge on any atom is 0.309 e. The summed E-state index contributed by atoms with van der Waals surface area (Å²) in [6.07, 6.45) is 4.01. The maximum atomic E-state index is 12.2. The molecule has 1 aliphatic heterocycles. The van der Waals surface area contributed by atoms with Crippen molar-refractivity contribution >= 4 is 17.8 Å². The lowest BCUT2D eigenvalue weighted by Gasteiger charge is -2.32. The Morgan fingerprint density at radius 3 is 2.45 bits per heavy atom. The van der Waals surface area contributed by atoms with Gasteiger partial charge in [0, 0.05) is 25.6 Å². The van der Waals surface area contributed by atoms with Crippen molar-refractivity contribution in [3.8, 4) is 0 Å². The topological polar surface area (TPSA) is 86.7 Å². The second-order valence-corrected chi connectivity index (χ2v) is 7.13. The molecule has 0 spiro atoms. The third-order valence-corrected chi connectivity index (χ3v) is 4.66. The first kappa shape index (κ1) is 16.8. The van der Waals surface area contributed by atoms with E-state index in [1.807, 2.05) is 4.90 Å². The molecule has 1 saturated heterocycles. The molecular formula is C16H26N2O4. The molecule has 2 aliphatic rings. The molecule has 0 bridgehead atoms. The van der Waals surface area contributed by atoms with Crippen molar-refractivity contribution in [2.45, 2.75) is 46.0 Å². The number of rotatable bonds is 6. The zero-order valence-electron chi connectivity index (χ0n) is 13.4. The van der Waals surface area contributed by atoms with Gasteiger partial charge in [0.15, 0.2) is 0 Å². The van der Waals surface area contributed by atoms with Gasteiger partial charge < -0.3 is 15.3 Å². The molecule has 0 aromatic rings. The molecule has 1 unspecified atom stereocenters. The average Bonchev–Trinajstić information content (AvgIpc) is 3.30. The van der Waals surface area contributed by atoms with E-state index in [2.05, 4.69) is 5.32 Å². The van der Waals surface area contributed by atoms with Gasteiger partial charge in [-0.3, -0.25) is 14.4 Å². The lowest BCUT2D eigenvalue weighted by atomic mass is 9.89. The van der Waals surface area contributed by atoms with Gasteiger partial charge in [0.2, 0.25) is 11.8 Å². The average molecular weight is 310 g/mol. The van der Waals surface area contributed by atoms with Crippen LogP contribution >= 0.6 is 0 Å². The molecule has 1 aliphatic carbocycles. The van der Waals surface area contributed by atoms with Crippen molar-refractivity contribution in [1.82, 2.24) is 10.2 Å². The summed E-state index contributed by atoms with van der Waals surface area (Å²) in [4.78, 5) is 37.1. The van der Waals surface area contributed by atoms with Crippen LogP contribution in [0.5, 0.6) is 0 Å². The van der Waals surface area contributed by atoms with E-state index in [0.29, 0.717) is 19.5 Å². The number of amides is 2. The van der Waals surface area contributed by atoms with E-state index in [4.69, 9.17) is 5.11 Å². The van der Waals surface area contributed by atoms with Gasteiger partial charge in [-0.05, 0) is 46.0 Å². The van der Waals surface area contributed by atoms with Crippen LogP contribution < -0.4 is 5.32 Å². The fraction of sp³-hybridized carbons (Fsp3) is 0.812. The van der Waals surface area contributed by atoms with Crippen LogP contribution in [0.1, 0.15) is 46.0 Å². The van der Waals surface area contributed by atoms with Crippen LogP contribution in [0.4, 0.5) is 0 Å². The van der Waals surface area contributed by atoms with Crippen LogP contribution in [0.3, 0.4) is 0 Å². The highest BCUT2D eigenvalue weighted by Crippen LogP contribution is 2.32. The van der Waals surface area contributed by atoms with Gasteiger partial charge in [0.05, 0.1) is 11.3 Å². The number of nitrogens with one attached hydrogen (secondary N) is 1. The number of carbonyl (C=O) groups excluding carboxylic acids is 2. The summed E-state index contributed by atoms with van der Waals surface area (Å²) in [5, 5.41) is 11.9. The quantitative estimate of drug-likeness (QED) is 0.773. The molecule has 2 N–H and O–H groups in total. The van der Waals surface area contributed by atoms with Crippen LogP contribution in [0, 0.1) is 17.3 Å². The summed E-state index contributed by atoms with van der Waals surface area (Å²) in [5.74, 6) is -0.692. The van der Waals surface area contributed by atoms with E-state index < -0.39 is 11.4 Å². The summed E-state index contributed by atoms with van der Waals surface area (Å²) in [7, 11) is 0. The van der Waals surface area contributed by atoms with Crippen molar-refractivity contribution in [3.05, 3.63) is 0 Å². The van der Waals surface area contributed by atoms with Crippen molar-refractivity contribution in [2.75, 3.05) is 19.6 Å². The van der Waals surface area contributed by atoms with Gasteiger partial charge in [0.1, 0.15) is 0 Å². The number of carbonyl (C=O) groups is 3. The predicted molar refractivity (Wildman–Crippen MR) is 81.1 cm³/mol. The van der Waals surface area contributed by atoms with Crippen molar-refractivity contribution in [3.63, 3.8) is 0 Å². The highest BCUT2D eigenvalue weighted by atomic mass is 16.4. The Hall–Kier alpha value is -1.59. The standard InChI is InChI=1S/C16H26N2O4/c1-16(2,15(21)22)7-8-17-13(19)12-4-3-9-18(10-12)14(20)11-5-6-11/h11-12H,3-10H2,1-2H3,(H,17,19)(H,21,22). The van der Waals surface area contributed by atoms with E-state index in [0.717, 1.165) is 32.2 Å². The van der Waals surface area contributed by atoms with Crippen LogP contribution in [-0.4, -0.2) is 47.4 Å². The Bertz CT molecular complexity index is 457. The summed E-state index contributed by atoms with van der Waals surface area (Å²) >= 11 is 0. The normalized spacial score (nSPS) is 22.3. The maximum absolute atomic E-state index is 12.2. The van der Waals surface area contributed by atoms with E-state index in [9.17, 15) is 14.4 Å². The van der Waals surface area contributed by atoms with Crippen LogP contribution in [-0.2, 0) is 14.4 Å². The monoisotopic (exact) mass is 310 g/mol. The lowest BCUT2D eigenvalue weighted by Crippen LogP contribution is -2.46. The molecule has 2 rings (SSSR count). The van der Waals surface area contributed by atoms with E-state index >= 15 is 0 Å².